The molecular weight excluding hydrogens is 274 g/mol. The minimum absolute atomic E-state index is 0. The van der Waals surface area contributed by atoms with Crippen molar-refractivity contribution >= 4 is 28.6 Å². The maximum atomic E-state index is 11.3. The van der Waals surface area contributed by atoms with Gasteiger partial charge in [-0.25, -0.2) is 0 Å². The highest BCUT2D eigenvalue weighted by Crippen LogP contribution is 2.19. The van der Waals surface area contributed by atoms with E-state index in [2.05, 4.69) is 4.98 Å². The summed E-state index contributed by atoms with van der Waals surface area (Å²) in [6.45, 7) is 0.403. The number of carbonyl (C=O) groups is 2. The van der Waals surface area contributed by atoms with Crippen LogP contribution in [0.25, 0.3) is 4.98 Å². The van der Waals surface area contributed by atoms with Gasteiger partial charge in [0.05, 0.1) is 5.75 Å². The van der Waals surface area contributed by atoms with Crippen molar-refractivity contribution in [3.63, 3.8) is 0 Å². The number of nitrogens with zero attached hydrogens (tertiary/aromatic N) is 3. The van der Waals surface area contributed by atoms with Gasteiger partial charge in [0.1, 0.15) is 0 Å². The van der Waals surface area contributed by atoms with Gasteiger partial charge in [-0.3, -0.25) is 14.5 Å². The highest BCUT2D eigenvalue weighted by molar-refractivity contribution is 8.14. The van der Waals surface area contributed by atoms with Crippen molar-refractivity contribution in [2.45, 2.75) is 6.42 Å². The Bertz CT molecular complexity index is 482. The zero-order valence-electron chi connectivity index (χ0n) is 9.38. The average molecular weight is 284 g/mol. The third-order valence-corrected chi connectivity index (χ3v) is 3.38. The van der Waals surface area contributed by atoms with E-state index in [-0.39, 0.29) is 29.3 Å². The third-order valence-electron chi connectivity index (χ3n) is 2.52. The first-order valence-electron chi connectivity index (χ1n) is 5.12. The largest absolute Gasteiger partial charge is 1.00 e. The van der Waals surface area contributed by atoms with Crippen molar-refractivity contribution < 1.29 is 22.0 Å². The molecule has 1 aromatic carbocycles. The molecule has 0 radical (unpaired) electrons. The van der Waals surface area contributed by atoms with Gasteiger partial charge in [-0.05, 0) is 12.0 Å². The SMILES string of the molecule is N#[N+]c1ccc(CCN2C(=O)CSC2=O)cc1.[Cl-]. The number of hydrogen-bond donors (Lipinski definition) is 0. The molecule has 1 aliphatic heterocycles. The summed E-state index contributed by atoms with van der Waals surface area (Å²) in [5, 5.41) is 8.36. The molecule has 0 aromatic heterocycles. The Morgan fingerprint density at radius 1 is 1.28 bits per heavy atom. The monoisotopic (exact) mass is 283 g/mol. The molecule has 1 aliphatic rings. The lowest BCUT2D eigenvalue weighted by Gasteiger charge is -2.11. The fourth-order valence-electron chi connectivity index (χ4n) is 1.57. The van der Waals surface area contributed by atoms with E-state index in [0.717, 1.165) is 17.3 Å². The number of thioether (sulfide) groups is 1. The van der Waals surface area contributed by atoms with Crippen molar-refractivity contribution in [3.05, 3.63) is 34.8 Å². The van der Waals surface area contributed by atoms with Gasteiger partial charge in [0.25, 0.3) is 5.24 Å². The number of halogens is 1. The molecule has 0 bridgehead atoms. The molecule has 1 saturated heterocycles. The van der Waals surface area contributed by atoms with Crippen LogP contribution in [-0.2, 0) is 11.2 Å². The number of amides is 2. The maximum absolute atomic E-state index is 11.3. The van der Waals surface area contributed by atoms with Gasteiger partial charge in [0.15, 0.2) is 4.98 Å². The van der Waals surface area contributed by atoms with Crippen LogP contribution in [0.15, 0.2) is 24.3 Å². The Balaban J connectivity index is 0.00000162. The van der Waals surface area contributed by atoms with Crippen LogP contribution in [0, 0.1) is 5.39 Å². The molecule has 0 saturated carbocycles. The van der Waals surface area contributed by atoms with E-state index < -0.39 is 0 Å². The molecule has 94 valence electrons. The molecule has 1 heterocycles. The fraction of sp³-hybridized carbons (Fsp3) is 0.273. The predicted octanol–water partition coefficient (Wildman–Crippen LogP) is -0.587. The van der Waals surface area contributed by atoms with Crippen LogP contribution in [0.1, 0.15) is 5.56 Å². The molecule has 0 spiro atoms. The Morgan fingerprint density at radius 3 is 2.44 bits per heavy atom. The highest BCUT2D eigenvalue weighted by atomic mass is 35.5. The van der Waals surface area contributed by atoms with E-state index in [0.29, 0.717) is 18.7 Å². The molecular formula is C11H10ClN3O2S. The van der Waals surface area contributed by atoms with E-state index in [9.17, 15) is 9.59 Å². The molecule has 7 heteroatoms. The first-order valence-corrected chi connectivity index (χ1v) is 6.10. The second-order valence-corrected chi connectivity index (χ2v) is 4.54. The molecule has 2 rings (SSSR count). The standard InChI is InChI=1S/C11H10N3O2S.ClH/c12-13-9-3-1-8(2-4-9)5-6-14-10(15)7-17-11(14)16;/h1-4H,5-7H2;1H/q+1;/p-1. The van der Waals surface area contributed by atoms with Gasteiger partial charge >= 0.3 is 5.69 Å². The summed E-state index contributed by atoms with van der Waals surface area (Å²) in [6, 6.07) is 6.98. The summed E-state index contributed by atoms with van der Waals surface area (Å²) in [6.07, 6.45) is 0.615. The zero-order chi connectivity index (χ0) is 12.3. The van der Waals surface area contributed by atoms with Crippen LogP contribution in [0.4, 0.5) is 10.5 Å². The summed E-state index contributed by atoms with van der Waals surface area (Å²) in [5.74, 6) is 0.128. The van der Waals surface area contributed by atoms with Gasteiger partial charge in [0.2, 0.25) is 11.3 Å². The second-order valence-electron chi connectivity index (χ2n) is 3.62. The zero-order valence-corrected chi connectivity index (χ0v) is 10.9. The lowest BCUT2D eigenvalue weighted by molar-refractivity contribution is -0.124. The lowest BCUT2D eigenvalue weighted by Crippen LogP contribution is -3.00. The quantitative estimate of drug-likeness (QED) is 0.696. The maximum Gasteiger partial charge on any atom is 0.385 e. The molecule has 5 nitrogen and oxygen atoms in total. The topological polar surface area (TPSA) is 65.5 Å². The fourth-order valence-corrected chi connectivity index (χ4v) is 2.32. The molecule has 2 amide bonds. The van der Waals surface area contributed by atoms with Crippen molar-refractivity contribution in [2.75, 3.05) is 12.3 Å². The number of rotatable bonds is 3. The van der Waals surface area contributed by atoms with Crippen molar-refractivity contribution in [1.82, 2.24) is 4.90 Å². The van der Waals surface area contributed by atoms with Crippen LogP contribution in [-0.4, -0.2) is 28.3 Å². The summed E-state index contributed by atoms with van der Waals surface area (Å²) in [4.78, 5) is 27.0. The number of carbonyl (C=O) groups excluding carboxylic acids is 2. The van der Waals surface area contributed by atoms with E-state index >= 15 is 0 Å². The van der Waals surface area contributed by atoms with E-state index in [1.807, 2.05) is 12.1 Å². The number of diazo groups is 1. The Morgan fingerprint density at radius 2 is 1.94 bits per heavy atom. The molecule has 1 fully saturated rings. The lowest BCUT2D eigenvalue weighted by atomic mass is 10.1. The first kappa shape index (κ1) is 14.5. The molecule has 0 atom stereocenters. The summed E-state index contributed by atoms with van der Waals surface area (Å²) in [7, 11) is 0. The van der Waals surface area contributed by atoms with Crippen LogP contribution >= 0.6 is 11.8 Å². The van der Waals surface area contributed by atoms with Gasteiger partial charge in [-0.2, -0.15) is 0 Å². The Kier molecular flexibility index (Phi) is 5.13. The molecule has 0 N–H and O–H groups in total. The number of benzene rings is 1. The van der Waals surface area contributed by atoms with Gasteiger partial charge in [-0.1, -0.05) is 23.9 Å². The van der Waals surface area contributed by atoms with Gasteiger partial charge in [0, 0.05) is 18.7 Å². The number of imide groups is 1. The van der Waals surface area contributed by atoms with Crippen LogP contribution in [0.3, 0.4) is 0 Å². The summed E-state index contributed by atoms with van der Waals surface area (Å²) >= 11 is 1.04. The Hall–Kier alpha value is -1.58. The smallest absolute Gasteiger partial charge is 0.385 e. The third kappa shape index (κ3) is 3.22. The van der Waals surface area contributed by atoms with E-state index in [1.165, 1.54) is 4.90 Å². The summed E-state index contributed by atoms with van der Waals surface area (Å²) < 4.78 is 0. The summed E-state index contributed by atoms with van der Waals surface area (Å²) in [5.41, 5.74) is 1.48. The van der Waals surface area contributed by atoms with Crippen LogP contribution in [0.2, 0.25) is 0 Å². The van der Waals surface area contributed by atoms with Crippen molar-refractivity contribution in [1.29, 1.82) is 5.39 Å². The normalized spacial score (nSPS) is 14.3. The van der Waals surface area contributed by atoms with E-state index in [4.69, 9.17) is 5.39 Å². The minimum Gasteiger partial charge on any atom is -1.00 e. The molecule has 1 aromatic rings. The Labute approximate surface area is 115 Å². The highest BCUT2D eigenvalue weighted by Gasteiger charge is 2.29. The van der Waals surface area contributed by atoms with Crippen molar-refractivity contribution in [3.8, 4) is 0 Å². The molecule has 0 unspecified atom stereocenters. The van der Waals surface area contributed by atoms with Crippen LogP contribution in [0.5, 0.6) is 0 Å². The van der Waals surface area contributed by atoms with Gasteiger partial charge < -0.3 is 12.4 Å². The van der Waals surface area contributed by atoms with Crippen LogP contribution < -0.4 is 12.4 Å². The van der Waals surface area contributed by atoms with Gasteiger partial charge in [-0.15, -0.1) is 0 Å². The minimum atomic E-state index is -0.169. The molecule has 0 aliphatic carbocycles. The molecule has 18 heavy (non-hydrogen) atoms. The van der Waals surface area contributed by atoms with Crippen molar-refractivity contribution in [2.24, 2.45) is 0 Å². The predicted molar refractivity (Wildman–Crippen MR) is 64.5 cm³/mol. The number of hydrogen-bond acceptors (Lipinski definition) is 4. The second kappa shape index (κ2) is 6.38. The van der Waals surface area contributed by atoms with E-state index in [1.54, 1.807) is 12.1 Å². The first-order chi connectivity index (χ1) is 8.20. The average Bonchev–Trinajstić information content (AvgIpc) is 2.67.